The second-order valence-corrected chi connectivity index (χ2v) is 7.21. The molecule has 1 aromatic carbocycles. The Morgan fingerprint density at radius 1 is 1.12 bits per heavy atom. The molecule has 0 aromatic heterocycles. The van der Waals surface area contributed by atoms with Gasteiger partial charge in [0.2, 0.25) is 0 Å². The zero-order valence-electron chi connectivity index (χ0n) is 15.6. The Labute approximate surface area is 149 Å². The zero-order valence-corrected chi connectivity index (χ0v) is 15.6. The summed E-state index contributed by atoms with van der Waals surface area (Å²) in [4.78, 5) is 26.3. The lowest BCUT2D eigenvalue weighted by Crippen LogP contribution is -2.48. The summed E-state index contributed by atoms with van der Waals surface area (Å²) in [5, 5.41) is 0. The monoisotopic (exact) mass is 349 g/mol. The van der Waals surface area contributed by atoms with E-state index in [2.05, 4.69) is 0 Å². The molecule has 0 N–H and O–H groups in total. The summed E-state index contributed by atoms with van der Waals surface area (Å²) in [6.45, 7) is 5.44. The van der Waals surface area contributed by atoms with E-state index in [0.717, 1.165) is 17.7 Å². The van der Waals surface area contributed by atoms with E-state index in [-0.39, 0.29) is 6.04 Å². The number of likely N-dealkylation sites (tertiary alicyclic amines) is 1. The van der Waals surface area contributed by atoms with Crippen molar-refractivity contribution in [3.63, 3.8) is 0 Å². The fraction of sp³-hybridized carbons (Fsp3) is 0.579. The lowest BCUT2D eigenvalue weighted by atomic mass is 10.0. The van der Waals surface area contributed by atoms with Gasteiger partial charge >= 0.3 is 12.1 Å². The van der Waals surface area contributed by atoms with Crippen molar-refractivity contribution in [3.8, 4) is 5.75 Å². The van der Waals surface area contributed by atoms with Crippen LogP contribution in [0.3, 0.4) is 0 Å². The van der Waals surface area contributed by atoms with E-state index in [0.29, 0.717) is 12.8 Å². The van der Waals surface area contributed by atoms with Gasteiger partial charge in [0, 0.05) is 6.04 Å². The molecular formula is C19H27NO5. The molecule has 6 heteroatoms. The van der Waals surface area contributed by atoms with Crippen molar-refractivity contribution in [2.24, 2.45) is 0 Å². The third-order valence-corrected chi connectivity index (χ3v) is 4.21. The molecule has 0 aliphatic carbocycles. The number of benzene rings is 1. The minimum absolute atomic E-state index is 0.104. The first-order valence-corrected chi connectivity index (χ1v) is 8.47. The Kier molecular flexibility index (Phi) is 5.93. The molecule has 0 spiro atoms. The van der Waals surface area contributed by atoms with Crippen LogP contribution in [0.15, 0.2) is 24.3 Å². The molecule has 0 bridgehead atoms. The van der Waals surface area contributed by atoms with Gasteiger partial charge in [0.15, 0.2) is 0 Å². The van der Waals surface area contributed by atoms with Crippen molar-refractivity contribution in [1.29, 1.82) is 0 Å². The number of esters is 1. The number of methoxy groups -OCH3 is 2. The van der Waals surface area contributed by atoms with Crippen LogP contribution in [0.5, 0.6) is 5.75 Å². The van der Waals surface area contributed by atoms with Crippen LogP contribution in [0.4, 0.5) is 4.79 Å². The molecule has 1 saturated heterocycles. The Morgan fingerprint density at radius 2 is 1.76 bits per heavy atom. The van der Waals surface area contributed by atoms with Crippen molar-refractivity contribution in [2.45, 2.75) is 57.7 Å². The standard InChI is InChI=1S/C19H27NO5/c1-19(2,3)25-18(22)20-14(8-11-16(20)17(21)24-5)12-13-6-9-15(23-4)10-7-13/h6-7,9-10,14,16H,8,11-12H2,1-5H3/t14-,16-/m1/s1. The van der Waals surface area contributed by atoms with Crippen LogP contribution in [0, 0.1) is 0 Å². The summed E-state index contributed by atoms with van der Waals surface area (Å²) in [7, 11) is 2.96. The van der Waals surface area contributed by atoms with E-state index < -0.39 is 23.7 Å². The van der Waals surface area contributed by atoms with Gasteiger partial charge in [0.25, 0.3) is 0 Å². The van der Waals surface area contributed by atoms with Gasteiger partial charge in [0.05, 0.1) is 14.2 Å². The Morgan fingerprint density at radius 3 is 2.28 bits per heavy atom. The molecule has 0 unspecified atom stereocenters. The predicted molar refractivity (Wildman–Crippen MR) is 93.6 cm³/mol. The van der Waals surface area contributed by atoms with Crippen LogP contribution in [-0.4, -0.2) is 48.9 Å². The number of nitrogens with zero attached hydrogens (tertiary/aromatic N) is 1. The lowest BCUT2D eigenvalue weighted by molar-refractivity contribution is -0.146. The van der Waals surface area contributed by atoms with Crippen LogP contribution in [0.25, 0.3) is 0 Å². The van der Waals surface area contributed by atoms with E-state index in [1.165, 1.54) is 7.11 Å². The molecule has 25 heavy (non-hydrogen) atoms. The first-order chi connectivity index (χ1) is 11.7. The number of rotatable bonds is 4. The first-order valence-electron chi connectivity index (χ1n) is 8.47. The Hall–Kier alpha value is -2.24. The highest BCUT2D eigenvalue weighted by Gasteiger charge is 2.43. The summed E-state index contributed by atoms with van der Waals surface area (Å²) in [5.41, 5.74) is 0.454. The van der Waals surface area contributed by atoms with Crippen molar-refractivity contribution in [1.82, 2.24) is 4.90 Å². The van der Waals surface area contributed by atoms with Crippen molar-refractivity contribution >= 4 is 12.1 Å². The molecule has 138 valence electrons. The lowest BCUT2D eigenvalue weighted by Gasteiger charge is -2.31. The quantitative estimate of drug-likeness (QED) is 0.781. The van der Waals surface area contributed by atoms with E-state index in [9.17, 15) is 9.59 Å². The maximum atomic E-state index is 12.7. The summed E-state index contributed by atoms with van der Waals surface area (Å²) >= 11 is 0. The highest BCUT2D eigenvalue weighted by Crippen LogP contribution is 2.30. The van der Waals surface area contributed by atoms with Gasteiger partial charge in [-0.05, 0) is 57.7 Å². The van der Waals surface area contributed by atoms with Gasteiger partial charge in [-0.3, -0.25) is 4.90 Å². The number of hydrogen-bond donors (Lipinski definition) is 0. The van der Waals surface area contributed by atoms with Gasteiger partial charge < -0.3 is 14.2 Å². The molecule has 2 atom stereocenters. The van der Waals surface area contributed by atoms with Crippen molar-refractivity contribution < 1.29 is 23.8 Å². The van der Waals surface area contributed by atoms with Gasteiger partial charge in [-0.1, -0.05) is 12.1 Å². The second kappa shape index (κ2) is 7.76. The third-order valence-electron chi connectivity index (χ3n) is 4.21. The van der Waals surface area contributed by atoms with Crippen molar-refractivity contribution in [3.05, 3.63) is 29.8 Å². The minimum atomic E-state index is -0.620. The van der Waals surface area contributed by atoms with Crippen LogP contribution in [0.2, 0.25) is 0 Å². The van der Waals surface area contributed by atoms with E-state index in [4.69, 9.17) is 14.2 Å². The zero-order chi connectivity index (χ0) is 18.6. The highest BCUT2D eigenvalue weighted by molar-refractivity contribution is 5.82. The highest BCUT2D eigenvalue weighted by atomic mass is 16.6. The van der Waals surface area contributed by atoms with Crippen LogP contribution >= 0.6 is 0 Å². The van der Waals surface area contributed by atoms with E-state index in [1.54, 1.807) is 12.0 Å². The molecule has 6 nitrogen and oxygen atoms in total. The number of amides is 1. The normalized spacial score (nSPS) is 20.3. The van der Waals surface area contributed by atoms with Crippen LogP contribution in [-0.2, 0) is 20.7 Å². The molecule has 1 fully saturated rings. The number of carbonyl (C=O) groups excluding carboxylic acids is 2. The molecule has 1 heterocycles. The smallest absolute Gasteiger partial charge is 0.411 e. The number of ether oxygens (including phenoxy) is 3. The molecular weight excluding hydrogens is 322 g/mol. The molecule has 1 aliphatic rings. The summed E-state index contributed by atoms with van der Waals surface area (Å²) in [6.07, 6.45) is 1.48. The minimum Gasteiger partial charge on any atom is -0.497 e. The molecule has 0 radical (unpaired) electrons. The molecule has 1 aromatic rings. The average Bonchev–Trinajstić information content (AvgIpc) is 2.97. The molecule has 1 aliphatic heterocycles. The van der Waals surface area contributed by atoms with E-state index in [1.807, 2.05) is 45.0 Å². The topological polar surface area (TPSA) is 65.1 Å². The fourth-order valence-corrected chi connectivity index (χ4v) is 3.08. The van der Waals surface area contributed by atoms with E-state index >= 15 is 0 Å². The largest absolute Gasteiger partial charge is 0.497 e. The van der Waals surface area contributed by atoms with Crippen LogP contribution < -0.4 is 4.74 Å². The van der Waals surface area contributed by atoms with Gasteiger partial charge in [-0.25, -0.2) is 9.59 Å². The Balaban J connectivity index is 2.18. The summed E-state index contributed by atoms with van der Waals surface area (Å²) in [6, 6.07) is 7.02. The first kappa shape index (κ1) is 19.1. The molecule has 0 saturated carbocycles. The fourth-order valence-electron chi connectivity index (χ4n) is 3.08. The molecule has 1 amide bonds. The van der Waals surface area contributed by atoms with Gasteiger partial charge in [-0.15, -0.1) is 0 Å². The Bertz CT molecular complexity index is 605. The second-order valence-electron chi connectivity index (χ2n) is 7.21. The average molecular weight is 349 g/mol. The van der Waals surface area contributed by atoms with Gasteiger partial charge in [0.1, 0.15) is 17.4 Å². The van der Waals surface area contributed by atoms with Crippen molar-refractivity contribution in [2.75, 3.05) is 14.2 Å². The maximum Gasteiger partial charge on any atom is 0.411 e. The SMILES string of the molecule is COC(=O)[C@H]1CC[C@H](Cc2ccc(OC)cc2)N1C(=O)OC(C)(C)C. The third kappa shape index (κ3) is 4.87. The maximum absolute atomic E-state index is 12.7. The van der Waals surface area contributed by atoms with Gasteiger partial charge in [-0.2, -0.15) is 0 Å². The molecule has 2 rings (SSSR count). The number of carbonyl (C=O) groups is 2. The summed E-state index contributed by atoms with van der Waals surface area (Å²) < 4.78 is 15.5. The summed E-state index contributed by atoms with van der Waals surface area (Å²) in [5.74, 6) is 0.384. The number of hydrogen-bond acceptors (Lipinski definition) is 5. The predicted octanol–water partition coefficient (Wildman–Crippen LogP) is 3.18. The van der Waals surface area contributed by atoms with Crippen LogP contribution in [0.1, 0.15) is 39.2 Å².